The Labute approximate surface area is 382 Å². The molecule has 2 saturated heterocycles. The van der Waals surface area contributed by atoms with Crippen molar-refractivity contribution in [3.63, 3.8) is 0 Å². The Balaban J connectivity index is 0.933. The van der Waals surface area contributed by atoms with Gasteiger partial charge in [0.15, 0.2) is 0 Å². The predicted molar refractivity (Wildman–Crippen MR) is 255 cm³/mol. The minimum atomic E-state index is -4.56. The second-order valence-electron chi connectivity index (χ2n) is 17.9. The fourth-order valence-corrected chi connectivity index (χ4v) is 11.0. The first-order valence-corrected chi connectivity index (χ1v) is 24.5. The molecule has 3 aliphatic rings. The summed E-state index contributed by atoms with van der Waals surface area (Å²) in [6.07, 6.45) is 8.20. The zero-order chi connectivity index (χ0) is 45.1. The Bertz CT molecular complexity index is 2840. The molecule has 9 rings (SSSR count). The van der Waals surface area contributed by atoms with Crippen molar-refractivity contribution in [3.8, 4) is 21.9 Å². The lowest BCUT2D eigenvalue weighted by Crippen LogP contribution is -2.47. The molecule has 338 valence electrons. The highest BCUT2D eigenvalue weighted by Gasteiger charge is 2.32. The maximum absolute atomic E-state index is 14.0. The number of thiophene rings is 1. The summed E-state index contributed by atoms with van der Waals surface area (Å²) in [6, 6.07) is 25.3. The highest BCUT2D eigenvalue weighted by Crippen LogP contribution is 2.47. The molecule has 2 aliphatic heterocycles. The molecule has 3 aromatic heterocycles. The van der Waals surface area contributed by atoms with Gasteiger partial charge in [0.1, 0.15) is 22.8 Å². The van der Waals surface area contributed by atoms with Gasteiger partial charge in [0.05, 0.1) is 21.6 Å². The van der Waals surface area contributed by atoms with Crippen LogP contribution in [0.3, 0.4) is 0 Å². The number of allylic oxidation sites excluding steroid dienone is 1. The molecule has 5 heterocycles. The van der Waals surface area contributed by atoms with Crippen LogP contribution in [0.4, 0.5) is 17.1 Å². The number of nitrogens with one attached hydrogen (secondary N) is 3. The SMILES string of the molecule is CC1(C)CCC(CN2CCN(c3ccc(C(=O)NS(=O)(=O)c4ccc(NCC5CCOCC5)c([N+](=O)[O-])c4)c(Oc4cnc5[nH]ccc5c4)c3)CC2)=C(c2ccsc2-c2ccccc2)C1. The van der Waals surface area contributed by atoms with Crippen molar-refractivity contribution < 1.29 is 27.6 Å². The molecule has 1 aliphatic carbocycles. The van der Waals surface area contributed by atoms with Crippen molar-refractivity contribution in [2.45, 2.75) is 50.8 Å². The number of benzene rings is 3. The van der Waals surface area contributed by atoms with E-state index in [2.05, 4.69) is 85.4 Å². The van der Waals surface area contributed by atoms with Crippen LogP contribution in [0.1, 0.15) is 61.9 Å². The summed E-state index contributed by atoms with van der Waals surface area (Å²) < 4.78 is 41.3. The molecule has 0 atom stereocenters. The van der Waals surface area contributed by atoms with Crippen LogP contribution in [-0.2, 0) is 14.8 Å². The van der Waals surface area contributed by atoms with E-state index in [1.807, 2.05) is 6.07 Å². The van der Waals surface area contributed by atoms with Crippen LogP contribution in [0.5, 0.6) is 11.5 Å². The summed E-state index contributed by atoms with van der Waals surface area (Å²) in [7, 11) is -4.56. The summed E-state index contributed by atoms with van der Waals surface area (Å²) >= 11 is 1.80. The normalized spacial score (nSPS) is 17.3. The van der Waals surface area contributed by atoms with Gasteiger partial charge in [0, 0.05) is 86.8 Å². The van der Waals surface area contributed by atoms with Gasteiger partial charge in [-0.25, -0.2) is 18.1 Å². The van der Waals surface area contributed by atoms with Gasteiger partial charge in [-0.15, -0.1) is 11.3 Å². The number of rotatable bonds is 14. The number of H-pyrrole nitrogens is 1. The van der Waals surface area contributed by atoms with Gasteiger partial charge < -0.3 is 24.7 Å². The number of carbonyl (C=O) groups is 1. The summed E-state index contributed by atoms with van der Waals surface area (Å²) in [5.41, 5.74) is 7.05. The molecule has 0 spiro atoms. The van der Waals surface area contributed by atoms with E-state index in [0.717, 1.165) is 82.0 Å². The van der Waals surface area contributed by atoms with E-state index in [-0.39, 0.29) is 28.3 Å². The van der Waals surface area contributed by atoms with Gasteiger partial charge in [0.2, 0.25) is 0 Å². The third-order valence-corrected chi connectivity index (χ3v) is 15.1. The van der Waals surface area contributed by atoms with Gasteiger partial charge in [-0.2, -0.15) is 0 Å². The smallest absolute Gasteiger partial charge is 0.293 e. The van der Waals surface area contributed by atoms with E-state index in [0.29, 0.717) is 31.2 Å². The van der Waals surface area contributed by atoms with Crippen LogP contribution >= 0.6 is 11.3 Å². The molecule has 0 bridgehead atoms. The molecule has 1 amide bonds. The molecular weight excluding hydrogens is 863 g/mol. The predicted octanol–water partition coefficient (Wildman–Crippen LogP) is 9.73. The van der Waals surface area contributed by atoms with E-state index >= 15 is 0 Å². The van der Waals surface area contributed by atoms with Crippen LogP contribution in [0.2, 0.25) is 0 Å². The van der Waals surface area contributed by atoms with E-state index in [9.17, 15) is 23.3 Å². The third-order valence-electron chi connectivity index (χ3n) is 12.8. The topological polar surface area (TPSA) is 172 Å². The van der Waals surface area contributed by atoms with Crippen molar-refractivity contribution in [1.29, 1.82) is 0 Å². The molecule has 16 heteroatoms. The number of aromatic amines is 1. The molecule has 0 unspecified atom stereocenters. The van der Waals surface area contributed by atoms with Gasteiger partial charge in [0.25, 0.3) is 21.6 Å². The first-order chi connectivity index (χ1) is 31.4. The summed E-state index contributed by atoms with van der Waals surface area (Å²) in [6.45, 7) is 10.5. The number of pyridine rings is 1. The number of fused-ring (bicyclic) bond motifs is 1. The van der Waals surface area contributed by atoms with Crippen LogP contribution in [-0.4, -0.2) is 86.6 Å². The summed E-state index contributed by atoms with van der Waals surface area (Å²) in [5, 5.41) is 18.2. The lowest BCUT2D eigenvalue weighted by Gasteiger charge is -2.39. The maximum atomic E-state index is 14.0. The average molecular weight is 916 g/mol. The average Bonchev–Trinajstić information content (AvgIpc) is 4.00. The third kappa shape index (κ3) is 10.1. The van der Waals surface area contributed by atoms with E-state index in [1.54, 1.807) is 41.8 Å². The number of sulfonamides is 1. The van der Waals surface area contributed by atoms with Crippen LogP contribution in [0.15, 0.2) is 113 Å². The van der Waals surface area contributed by atoms with Gasteiger partial charge in [-0.3, -0.25) is 19.8 Å². The second kappa shape index (κ2) is 18.8. The number of amides is 1. The highest BCUT2D eigenvalue weighted by molar-refractivity contribution is 7.90. The Morgan fingerprint density at radius 1 is 1.02 bits per heavy atom. The summed E-state index contributed by atoms with van der Waals surface area (Å²) in [5.74, 6) is -0.179. The molecule has 3 aromatic carbocycles. The van der Waals surface area contributed by atoms with Gasteiger partial charge >= 0.3 is 0 Å². The number of carbonyl (C=O) groups excluding carboxylic acids is 1. The van der Waals surface area contributed by atoms with Crippen LogP contribution in [0, 0.1) is 21.4 Å². The second-order valence-corrected chi connectivity index (χ2v) is 20.5. The Kier molecular flexibility index (Phi) is 12.8. The number of aromatic nitrogens is 2. The van der Waals surface area contributed by atoms with Gasteiger partial charge in [-0.05, 0) is 108 Å². The minimum absolute atomic E-state index is 0.0302. The first-order valence-electron chi connectivity index (χ1n) is 22.1. The van der Waals surface area contributed by atoms with Gasteiger partial charge in [-0.1, -0.05) is 49.8 Å². The van der Waals surface area contributed by atoms with Crippen LogP contribution in [0.25, 0.3) is 27.0 Å². The fraction of sp³-hybridized carbons (Fsp3) is 0.347. The molecule has 65 heavy (non-hydrogen) atoms. The number of anilines is 2. The number of nitrogens with zero attached hydrogens (tertiary/aromatic N) is 4. The fourth-order valence-electron chi connectivity index (χ4n) is 9.09. The Morgan fingerprint density at radius 2 is 1.82 bits per heavy atom. The number of piperazine rings is 1. The van der Waals surface area contributed by atoms with Crippen molar-refractivity contribution in [1.82, 2.24) is 19.6 Å². The maximum Gasteiger partial charge on any atom is 0.293 e. The van der Waals surface area contributed by atoms with E-state index < -0.39 is 31.4 Å². The van der Waals surface area contributed by atoms with Crippen molar-refractivity contribution in [3.05, 3.63) is 130 Å². The standard InChI is InChI=1S/C49H53N7O7S2/c1-49(2)17-12-36(42(29-49)40-16-25-64-46(40)34-6-4-3-5-7-34)32-54-19-21-55(22-20-54)37-8-10-41(45(27-37)63-38-26-35-13-18-50-47(35)52-31-38)48(57)53-65(60,61)39-9-11-43(44(28-39)56(58)59)51-30-33-14-23-62-24-15-33/h3-11,13,16,18,25-28,31,33,51H,12,14-15,17,19-24,29-30,32H2,1-2H3,(H,50,52)(H,53,57). The molecule has 6 aromatic rings. The monoisotopic (exact) mass is 915 g/mol. The number of ether oxygens (including phenoxy) is 2. The lowest BCUT2D eigenvalue weighted by molar-refractivity contribution is -0.384. The van der Waals surface area contributed by atoms with Crippen molar-refractivity contribution in [2.24, 2.45) is 11.3 Å². The zero-order valence-electron chi connectivity index (χ0n) is 36.5. The number of nitro groups is 1. The number of nitro benzene ring substituents is 1. The van der Waals surface area contributed by atoms with Crippen LogP contribution < -0.4 is 19.7 Å². The lowest BCUT2D eigenvalue weighted by atomic mass is 9.72. The molecular formula is C49H53N7O7S2. The largest absolute Gasteiger partial charge is 0.455 e. The Morgan fingerprint density at radius 3 is 2.60 bits per heavy atom. The van der Waals surface area contributed by atoms with Crippen molar-refractivity contribution >= 4 is 60.9 Å². The molecule has 14 nitrogen and oxygen atoms in total. The minimum Gasteiger partial charge on any atom is -0.455 e. The number of hydrogen-bond acceptors (Lipinski definition) is 12. The van der Waals surface area contributed by atoms with E-state index in [4.69, 9.17) is 9.47 Å². The molecule has 3 N–H and O–H groups in total. The summed E-state index contributed by atoms with van der Waals surface area (Å²) in [4.78, 5) is 38.6. The quantitative estimate of drug-likeness (QED) is 0.0702. The zero-order valence-corrected chi connectivity index (χ0v) is 38.2. The van der Waals surface area contributed by atoms with E-state index in [1.165, 1.54) is 45.5 Å². The highest BCUT2D eigenvalue weighted by atomic mass is 32.2. The van der Waals surface area contributed by atoms with Crippen molar-refractivity contribution in [2.75, 3.05) is 62.7 Å². The number of hydrogen-bond donors (Lipinski definition) is 3. The molecule has 0 saturated carbocycles. The molecule has 0 radical (unpaired) electrons. The first kappa shape index (κ1) is 44.1. The Hall–Kier alpha value is -6.07. The molecule has 2 fully saturated rings.